The van der Waals surface area contributed by atoms with Crippen LogP contribution in [0.4, 0.5) is 5.82 Å². The number of carboxylic acid groups (broad SMARTS) is 1. The number of carboxylic acids is 1. The Morgan fingerprint density at radius 2 is 2.27 bits per heavy atom. The standard InChI is InChI=1S/C9H13N3O3/c1-6(4-5-13)10-8-3-2-7(9(14)15)11-12-8/h2-3,6,13H,4-5H2,1H3,(H,10,12)(H,14,15). The summed E-state index contributed by atoms with van der Waals surface area (Å²) in [5, 5.41) is 27.5. The lowest BCUT2D eigenvalue weighted by Crippen LogP contribution is -2.18. The molecule has 0 spiro atoms. The third-order valence-electron chi connectivity index (χ3n) is 1.84. The van der Waals surface area contributed by atoms with Crippen molar-refractivity contribution in [2.24, 2.45) is 0 Å². The number of nitrogens with one attached hydrogen (secondary N) is 1. The number of hydrogen-bond acceptors (Lipinski definition) is 5. The molecule has 82 valence electrons. The first kappa shape index (κ1) is 11.4. The van der Waals surface area contributed by atoms with Crippen LogP contribution in [-0.4, -0.2) is 39.0 Å². The molecule has 3 N–H and O–H groups in total. The van der Waals surface area contributed by atoms with Gasteiger partial charge in [-0.1, -0.05) is 0 Å². The molecular formula is C9H13N3O3. The molecule has 1 aromatic rings. The van der Waals surface area contributed by atoms with Crippen LogP contribution < -0.4 is 5.32 Å². The molecule has 0 aliphatic rings. The Morgan fingerprint density at radius 1 is 1.53 bits per heavy atom. The van der Waals surface area contributed by atoms with E-state index in [9.17, 15) is 4.79 Å². The van der Waals surface area contributed by atoms with Gasteiger partial charge in [-0.25, -0.2) is 4.79 Å². The third kappa shape index (κ3) is 3.51. The smallest absolute Gasteiger partial charge is 0.356 e. The Balaban J connectivity index is 2.60. The lowest BCUT2D eigenvalue weighted by atomic mass is 10.2. The summed E-state index contributed by atoms with van der Waals surface area (Å²) in [4.78, 5) is 10.5. The number of aliphatic hydroxyl groups is 1. The fourth-order valence-electron chi connectivity index (χ4n) is 1.04. The predicted molar refractivity (Wildman–Crippen MR) is 53.8 cm³/mol. The van der Waals surface area contributed by atoms with E-state index in [-0.39, 0.29) is 18.3 Å². The molecule has 1 atom stereocenters. The van der Waals surface area contributed by atoms with Crippen LogP contribution in [0.15, 0.2) is 12.1 Å². The fraction of sp³-hybridized carbons (Fsp3) is 0.444. The molecule has 6 nitrogen and oxygen atoms in total. The average molecular weight is 211 g/mol. The van der Waals surface area contributed by atoms with Crippen molar-refractivity contribution in [3.63, 3.8) is 0 Å². The summed E-state index contributed by atoms with van der Waals surface area (Å²) in [5.74, 6) is -0.599. The van der Waals surface area contributed by atoms with E-state index in [1.54, 1.807) is 6.07 Å². The molecule has 1 unspecified atom stereocenters. The molecule has 1 heterocycles. The summed E-state index contributed by atoms with van der Waals surface area (Å²) < 4.78 is 0. The van der Waals surface area contributed by atoms with Crippen LogP contribution in [0.25, 0.3) is 0 Å². The Kier molecular flexibility index (Phi) is 3.99. The SMILES string of the molecule is CC(CCO)Nc1ccc(C(=O)O)nn1. The summed E-state index contributed by atoms with van der Waals surface area (Å²) in [6.45, 7) is 1.98. The monoisotopic (exact) mass is 211 g/mol. The molecule has 6 heteroatoms. The first-order chi connectivity index (χ1) is 7.13. The van der Waals surface area contributed by atoms with Crippen molar-refractivity contribution in [1.29, 1.82) is 0 Å². The van der Waals surface area contributed by atoms with Gasteiger partial charge in [-0.3, -0.25) is 0 Å². The van der Waals surface area contributed by atoms with Gasteiger partial charge in [0.15, 0.2) is 5.69 Å². The molecular weight excluding hydrogens is 198 g/mol. The van der Waals surface area contributed by atoms with E-state index in [2.05, 4.69) is 15.5 Å². The normalized spacial score (nSPS) is 12.1. The van der Waals surface area contributed by atoms with Crippen molar-refractivity contribution >= 4 is 11.8 Å². The van der Waals surface area contributed by atoms with Gasteiger partial charge in [0.2, 0.25) is 0 Å². The summed E-state index contributed by atoms with van der Waals surface area (Å²) in [6.07, 6.45) is 0.600. The van der Waals surface area contributed by atoms with Crippen molar-refractivity contribution in [1.82, 2.24) is 10.2 Å². The van der Waals surface area contributed by atoms with Gasteiger partial charge in [0, 0.05) is 12.6 Å². The van der Waals surface area contributed by atoms with E-state index < -0.39 is 5.97 Å². The maximum atomic E-state index is 10.5. The molecule has 0 fully saturated rings. The van der Waals surface area contributed by atoms with E-state index in [1.807, 2.05) is 6.92 Å². The van der Waals surface area contributed by atoms with Crippen LogP contribution in [0.1, 0.15) is 23.8 Å². The zero-order chi connectivity index (χ0) is 11.3. The maximum absolute atomic E-state index is 10.5. The molecule has 0 aromatic carbocycles. The number of aliphatic hydroxyl groups excluding tert-OH is 1. The Morgan fingerprint density at radius 3 is 2.73 bits per heavy atom. The number of carbonyl (C=O) groups is 1. The van der Waals surface area contributed by atoms with Gasteiger partial charge in [0.25, 0.3) is 0 Å². The minimum absolute atomic E-state index is 0.0694. The molecule has 0 amide bonds. The number of aromatic carboxylic acids is 1. The lowest BCUT2D eigenvalue weighted by molar-refractivity contribution is 0.0689. The highest BCUT2D eigenvalue weighted by Gasteiger charge is 2.06. The van der Waals surface area contributed by atoms with E-state index in [1.165, 1.54) is 6.07 Å². The summed E-state index contributed by atoms with van der Waals surface area (Å²) in [6, 6.07) is 2.99. The lowest BCUT2D eigenvalue weighted by Gasteiger charge is -2.11. The molecule has 1 aromatic heterocycles. The van der Waals surface area contributed by atoms with Crippen LogP contribution in [0, 0.1) is 0 Å². The fourth-order valence-corrected chi connectivity index (χ4v) is 1.04. The number of aromatic nitrogens is 2. The Labute approximate surface area is 87.0 Å². The molecule has 1 rings (SSSR count). The maximum Gasteiger partial charge on any atom is 0.356 e. The van der Waals surface area contributed by atoms with Crippen molar-refractivity contribution in [3.8, 4) is 0 Å². The summed E-state index contributed by atoms with van der Waals surface area (Å²) >= 11 is 0. The molecule has 0 saturated heterocycles. The molecule has 0 saturated carbocycles. The third-order valence-corrected chi connectivity index (χ3v) is 1.84. The van der Waals surface area contributed by atoms with Gasteiger partial charge >= 0.3 is 5.97 Å². The number of anilines is 1. The van der Waals surface area contributed by atoms with Gasteiger partial charge in [-0.05, 0) is 25.5 Å². The zero-order valence-electron chi connectivity index (χ0n) is 8.34. The Hall–Kier alpha value is -1.69. The van der Waals surface area contributed by atoms with E-state index in [0.717, 1.165) is 0 Å². The van der Waals surface area contributed by atoms with E-state index >= 15 is 0 Å². The first-order valence-electron chi connectivity index (χ1n) is 4.58. The van der Waals surface area contributed by atoms with Crippen molar-refractivity contribution in [3.05, 3.63) is 17.8 Å². The van der Waals surface area contributed by atoms with Crippen LogP contribution in [-0.2, 0) is 0 Å². The van der Waals surface area contributed by atoms with E-state index in [0.29, 0.717) is 12.2 Å². The molecule has 0 radical (unpaired) electrons. The largest absolute Gasteiger partial charge is 0.476 e. The quantitative estimate of drug-likeness (QED) is 0.650. The van der Waals surface area contributed by atoms with Crippen molar-refractivity contribution in [2.75, 3.05) is 11.9 Å². The Bertz CT molecular complexity index is 326. The minimum atomic E-state index is -1.10. The van der Waals surface area contributed by atoms with Gasteiger partial charge < -0.3 is 15.5 Å². The number of nitrogens with zero attached hydrogens (tertiary/aromatic N) is 2. The molecule has 0 aliphatic carbocycles. The predicted octanol–water partition coefficient (Wildman–Crippen LogP) is 0.358. The highest BCUT2D eigenvalue weighted by Crippen LogP contribution is 2.05. The topological polar surface area (TPSA) is 95.3 Å². The highest BCUT2D eigenvalue weighted by molar-refractivity contribution is 5.85. The van der Waals surface area contributed by atoms with Gasteiger partial charge in [0.05, 0.1) is 0 Å². The second-order valence-electron chi connectivity index (χ2n) is 3.17. The molecule has 0 bridgehead atoms. The van der Waals surface area contributed by atoms with Gasteiger partial charge in [0.1, 0.15) is 5.82 Å². The van der Waals surface area contributed by atoms with Crippen molar-refractivity contribution < 1.29 is 15.0 Å². The summed E-state index contributed by atoms with van der Waals surface area (Å²) in [7, 11) is 0. The van der Waals surface area contributed by atoms with Crippen LogP contribution in [0.2, 0.25) is 0 Å². The van der Waals surface area contributed by atoms with Crippen LogP contribution in [0.5, 0.6) is 0 Å². The molecule has 0 aliphatic heterocycles. The van der Waals surface area contributed by atoms with Gasteiger partial charge in [-0.2, -0.15) is 0 Å². The number of hydrogen-bond donors (Lipinski definition) is 3. The second-order valence-corrected chi connectivity index (χ2v) is 3.17. The second kappa shape index (κ2) is 5.26. The van der Waals surface area contributed by atoms with Crippen molar-refractivity contribution in [2.45, 2.75) is 19.4 Å². The van der Waals surface area contributed by atoms with Crippen LogP contribution in [0.3, 0.4) is 0 Å². The number of rotatable bonds is 5. The van der Waals surface area contributed by atoms with Gasteiger partial charge in [-0.15, -0.1) is 10.2 Å². The summed E-state index contributed by atoms with van der Waals surface area (Å²) in [5.41, 5.74) is -0.0876. The minimum Gasteiger partial charge on any atom is -0.476 e. The van der Waals surface area contributed by atoms with Crippen LogP contribution >= 0.6 is 0 Å². The van der Waals surface area contributed by atoms with E-state index in [4.69, 9.17) is 10.2 Å². The average Bonchev–Trinajstić information content (AvgIpc) is 2.18. The molecule has 15 heavy (non-hydrogen) atoms. The first-order valence-corrected chi connectivity index (χ1v) is 4.58. The highest BCUT2D eigenvalue weighted by atomic mass is 16.4. The zero-order valence-corrected chi connectivity index (χ0v) is 8.34.